The SMILES string of the molecule is CC1CC(C)CN(CCCCNC(=O)C(=O)N(C)c2ccc(F)c(F)c2)C1. The van der Waals surface area contributed by atoms with Crippen LogP contribution in [0.25, 0.3) is 0 Å². The van der Waals surface area contributed by atoms with Crippen LogP contribution in [-0.4, -0.2) is 49.9 Å². The van der Waals surface area contributed by atoms with Crippen LogP contribution in [-0.2, 0) is 9.59 Å². The number of unbranched alkanes of at least 4 members (excludes halogenated alkanes) is 1. The van der Waals surface area contributed by atoms with Gasteiger partial charge < -0.3 is 15.1 Å². The van der Waals surface area contributed by atoms with Gasteiger partial charge in [0, 0.05) is 38.4 Å². The fraction of sp³-hybridized carbons (Fsp3) is 0.600. The van der Waals surface area contributed by atoms with Gasteiger partial charge in [0.05, 0.1) is 0 Å². The van der Waals surface area contributed by atoms with Crippen molar-refractivity contribution in [1.82, 2.24) is 10.2 Å². The van der Waals surface area contributed by atoms with Gasteiger partial charge in [0.2, 0.25) is 0 Å². The van der Waals surface area contributed by atoms with Gasteiger partial charge in [-0.2, -0.15) is 0 Å². The molecule has 1 aliphatic rings. The fourth-order valence-electron chi connectivity index (χ4n) is 3.68. The van der Waals surface area contributed by atoms with Crippen molar-refractivity contribution in [1.29, 1.82) is 0 Å². The number of likely N-dealkylation sites (N-methyl/N-ethyl adjacent to an activating group) is 1. The Labute approximate surface area is 159 Å². The smallest absolute Gasteiger partial charge is 0.316 e. The Morgan fingerprint density at radius 3 is 2.44 bits per heavy atom. The Bertz CT molecular complexity index is 659. The molecule has 1 heterocycles. The summed E-state index contributed by atoms with van der Waals surface area (Å²) in [6.45, 7) is 8.20. The summed E-state index contributed by atoms with van der Waals surface area (Å²) >= 11 is 0. The van der Waals surface area contributed by atoms with Gasteiger partial charge in [-0.1, -0.05) is 13.8 Å². The molecule has 2 unspecified atom stereocenters. The predicted octanol–water partition coefficient (Wildman–Crippen LogP) is 2.80. The van der Waals surface area contributed by atoms with Crippen molar-refractivity contribution in [3.8, 4) is 0 Å². The maximum absolute atomic E-state index is 13.3. The zero-order valence-electron chi connectivity index (χ0n) is 16.3. The first-order chi connectivity index (χ1) is 12.8. The van der Waals surface area contributed by atoms with Crippen molar-refractivity contribution < 1.29 is 18.4 Å². The Kier molecular flexibility index (Phi) is 7.71. The van der Waals surface area contributed by atoms with E-state index in [1.54, 1.807) is 0 Å². The molecular formula is C20H29F2N3O2. The van der Waals surface area contributed by atoms with Gasteiger partial charge >= 0.3 is 11.8 Å². The maximum Gasteiger partial charge on any atom is 0.316 e. The highest BCUT2D eigenvalue weighted by Crippen LogP contribution is 2.21. The minimum atomic E-state index is -1.06. The Morgan fingerprint density at radius 1 is 1.15 bits per heavy atom. The Balaban J connectivity index is 1.70. The molecule has 1 aromatic rings. The second-order valence-corrected chi connectivity index (χ2v) is 7.63. The number of carbonyl (C=O) groups excluding carboxylic acids is 2. The number of amides is 2. The Hall–Kier alpha value is -2.02. The average Bonchev–Trinajstić information content (AvgIpc) is 2.61. The number of halogens is 2. The summed E-state index contributed by atoms with van der Waals surface area (Å²) in [5, 5.41) is 2.60. The molecule has 0 aromatic heterocycles. The van der Waals surface area contributed by atoms with E-state index in [2.05, 4.69) is 24.1 Å². The molecule has 27 heavy (non-hydrogen) atoms. The zero-order valence-corrected chi connectivity index (χ0v) is 16.3. The molecule has 0 spiro atoms. The van der Waals surface area contributed by atoms with E-state index in [0.29, 0.717) is 6.54 Å². The summed E-state index contributed by atoms with van der Waals surface area (Å²) in [6.07, 6.45) is 3.01. The number of likely N-dealkylation sites (tertiary alicyclic amines) is 1. The second-order valence-electron chi connectivity index (χ2n) is 7.63. The highest BCUT2D eigenvalue weighted by atomic mass is 19.2. The number of carbonyl (C=O) groups is 2. The fourth-order valence-corrected chi connectivity index (χ4v) is 3.68. The molecule has 1 aliphatic heterocycles. The van der Waals surface area contributed by atoms with Gasteiger partial charge in [0.1, 0.15) is 0 Å². The zero-order chi connectivity index (χ0) is 20.0. The van der Waals surface area contributed by atoms with E-state index in [0.717, 1.165) is 61.3 Å². The van der Waals surface area contributed by atoms with Crippen LogP contribution in [0, 0.1) is 23.5 Å². The largest absolute Gasteiger partial charge is 0.348 e. The molecule has 1 N–H and O–H groups in total. The summed E-state index contributed by atoms with van der Waals surface area (Å²) in [4.78, 5) is 27.6. The van der Waals surface area contributed by atoms with E-state index in [1.165, 1.54) is 19.5 Å². The third-order valence-corrected chi connectivity index (χ3v) is 4.92. The van der Waals surface area contributed by atoms with Gasteiger partial charge in [0.25, 0.3) is 0 Å². The van der Waals surface area contributed by atoms with Crippen LogP contribution in [0.3, 0.4) is 0 Å². The maximum atomic E-state index is 13.3. The second kappa shape index (κ2) is 9.78. The van der Waals surface area contributed by atoms with Crippen LogP contribution in [0.2, 0.25) is 0 Å². The molecular weight excluding hydrogens is 352 g/mol. The summed E-state index contributed by atoms with van der Waals surface area (Å²) < 4.78 is 26.3. The third kappa shape index (κ3) is 6.27. The lowest BCUT2D eigenvalue weighted by Crippen LogP contribution is -2.42. The number of nitrogens with one attached hydrogen (secondary N) is 1. The van der Waals surface area contributed by atoms with Crippen molar-refractivity contribution in [3.05, 3.63) is 29.8 Å². The molecule has 0 bridgehead atoms. The first kappa shape index (κ1) is 21.3. The molecule has 2 amide bonds. The van der Waals surface area contributed by atoms with Gasteiger partial charge in [-0.05, 0) is 49.8 Å². The van der Waals surface area contributed by atoms with Crippen molar-refractivity contribution in [2.45, 2.75) is 33.1 Å². The van der Waals surface area contributed by atoms with Crippen molar-refractivity contribution in [2.24, 2.45) is 11.8 Å². The standard InChI is InChI=1S/C20H29F2N3O2/c1-14-10-15(2)13-25(12-14)9-5-4-8-23-19(26)20(27)24(3)16-6-7-17(21)18(22)11-16/h6-7,11,14-15H,4-5,8-10,12-13H2,1-3H3,(H,23,26). The van der Waals surface area contributed by atoms with Gasteiger partial charge in [-0.15, -0.1) is 0 Å². The van der Waals surface area contributed by atoms with Crippen molar-refractivity contribution in [3.63, 3.8) is 0 Å². The minimum absolute atomic E-state index is 0.127. The highest BCUT2D eigenvalue weighted by Gasteiger charge is 2.22. The number of nitrogens with zero attached hydrogens (tertiary/aromatic N) is 2. The lowest BCUT2D eigenvalue weighted by atomic mass is 9.92. The molecule has 2 atom stereocenters. The first-order valence-corrected chi connectivity index (χ1v) is 9.51. The minimum Gasteiger partial charge on any atom is -0.348 e. The van der Waals surface area contributed by atoms with Crippen molar-refractivity contribution >= 4 is 17.5 Å². The lowest BCUT2D eigenvalue weighted by Gasteiger charge is -2.34. The molecule has 0 radical (unpaired) electrons. The van der Waals surface area contributed by atoms with Crippen LogP contribution in [0.1, 0.15) is 33.1 Å². The summed E-state index contributed by atoms with van der Waals surface area (Å²) in [5.74, 6) is -2.17. The number of benzene rings is 1. The molecule has 1 aromatic carbocycles. The van der Waals surface area contributed by atoms with E-state index in [4.69, 9.17) is 0 Å². The van der Waals surface area contributed by atoms with Crippen LogP contribution in [0.4, 0.5) is 14.5 Å². The molecule has 7 heteroatoms. The van der Waals surface area contributed by atoms with E-state index in [9.17, 15) is 18.4 Å². The average molecular weight is 381 g/mol. The van der Waals surface area contributed by atoms with Crippen LogP contribution in [0.15, 0.2) is 18.2 Å². The molecule has 2 rings (SSSR count). The van der Waals surface area contributed by atoms with Gasteiger partial charge in [0.15, 0.2) is 11.6 Å². The van der Waals surface area contributed by atoms with Crippen LogP contribution in [0.5, 0.6) is 0 Å². The first-order valence-electron chi connectivity index (χ1n) is 9.51. The molecule has 5 nitrogen and oxygen atoms in total. The number of hydrogen-bond donors (Lipinski definition) is 1. The van der Waals surface area contributed by atoms with Crippen LogP contribution < -0.4 is 10.2 Å². The summed E-state index contributed by atoms with van der Waals surface area (Å²) in [5.41, 5.74) is 0.127. The van der Waals surface area contributed by atoms with Gasteiger partial charge in [-0.3, -0.25) is 9.59 Å². The summed E-state index contributed by atoms with van der Waals surface area (Å²) in [7, 11) is 1.35. The van der Waals surface area contributed by atoms with Crippen LogP contribution >= 0.6 is 0 Å². The molecule has 0 saturated carbocycles. The predicted molar refractivity (Wildman–Crippen MR) is 101 cm³/mol. The molecule has 1 fully saturated rings. The Morgan fingerprint density at radius 2 is 1.81 bits per heavy atom. The number of piperidine rings is 1. The number of rotatable bonds is 6. The number of anilines is 1. The third-order valence-electron chi connectivity index (χ3n) is 4.92. The topological polar surface area (TPSA) is 52.7 Å². The molecule has 0 aliphatic carbocycles. The van der Waals surface area contributed by atoms with E-state index in [1.807, 2.05) is 0 Å². The van der Waals surface area contributed by atoms with E-state index < -0.39 is 23.4 Å². The van der Waals surface area contributed by atoms with E-state index >= 15 is 0 Å². The van der Waals surface area contributed by atoms with Gasteiger partial charge in [-0.25, -0.2) is 8.78 Å². The monoisotopic (exact) mass is 381 g/mol. The van der Waals surface area contributed by atoms with E-state index in [-0.39, 0.29) is 5.69 Å². The molecule has 150 valence electrons. The number of hydrogen-bond acceptors (Lipinski definition) is 3. The highest BCUT2D eigenvalue weighted by molar-refractivity contribution is 6.40. The lowest BCUT2D eigenvalue weighted by molar-refractivity contribution is -0.137. The quantitative estimate of drug-likeness (QED) is 0.609. The molecule has 1 saturated heterocycles. The van der Waals surface area contributed by atoms with Crippen molar-refractivity contribution in [2.75, 3.05) is 38.1 Å². The summed E-state index contributed by atoms with van der Waals surface area (Å²) in [6, 6.07) is 3.07. The normalized spacial score (nSPS) is 20.3.